The third kappa shape index (κ3) is 9.54. The quantitative estimate of drug-likeness (QED) is 0.438. The van der Waals surface area contributed by atoms with Crippen molar-refractivity contribution in [2.75, 3.05) is 26.2 Å². The van der Waals surface area contributed by atoms with Crippen LogP contribution in [0.25, 0.3) is 0 Å². The Bertz CT molecular complexity index is 1130. The van der Waals surface area contributed by atoms with E-state index in [0.717, 1.165) is 24.0 Å². The predicted molar refractivity (Wildman–Crippen MR) is 134 cm³/mol. The Balaban J connectivity index is 0.000000195. The van der Waals surface area contributed by atoms with Crippen LogP contribution in [0.5, 0.6) is 0 Å². The first-order valence-corrected chi connectivity index (χ1v) is 15.3. The fraction of sp³-hybridized carbons (Fsp3) is 0.400. The van der Waals surface area contributed by atoms with Crippen molar-refractivity contribution in [3.05, 3.63) is 57.5 Å². The second-order valence-corrected chi connectivity index (χ2v) is 13.6. The largest absolute Gasteiger partial charge is 0.392 e. The van der Waals surface area contributed by atoms with Gasteiger partial charge in [0, 0.05) is 39.3 Å². The van der Waals surface area contributed by atoms with Crippen molar-refractivity contribution in [1.82, 2.24) is 9.62 Å². The molecule has 2 aromatic carbocycles. The van der Waals surface area contributed by atoms with E-state index in [4.69, 9.17) is 15.8 Å². The van der Waals surface area contributed by atoms with Gasteiger partial charge in [0.1, 0.15) is 0 Å². The normalized spacial score (nSPS) is 21.0. The number of hydrogen-bond acceptors (Lipinski definition) is 7. The SMILES string of the molecule is O=S(=O)(Cl)c1cccc(Br)c1.O=S(=O)(c1cccc(Br)c1)N1CC[C@@H](O)C1.O[C@@H]1CCNC1. The van der Waals surface area contributed by atoms with Gasteiger partial charge in [-0.2, -0.15) is 4.31 Å². The van der Waals surface area contributed by atoms with Crippen molar-refractivity contribution in [2.24, 2.45) is 0 Å². The standard InChI is InChI=1S/C10H12BrNO3S.C6H4BrClO2S.C4H9NO/c11-8-2-1-3-10(6-8)16(14,15)12-5-4-9(13)7-12;7-5-2-1-3-6(4-5)11(8,9)10;6-4-1-2-5-3-4/h1-3,6,9,13H,4-5,7H2;1-4H;4-6H,1-3H2/t9-;;4-/m1.1/s1. The molecule has 2 heterocycles. The summed E-state index contributed by atoms with van der Waals surface area (Å²) in [4.78, 5) is 0.365. The van der Waals surface area contributed by atoms with Gasteiger partial charge in [-0.1, -0.05) is 44.0 Å². The molecular weight excluding hydrogens is 624 g/mol. The molecule has 2 aliphatic heterocycles. The Kier molecular flexibility index (Phi) is 11.2. The minimum atomic E-state index is -3.58. The van der Waals surface area contributed by atoms with Gasteiger partial charge in [-0.3, -0.25) is 0 Å². The van der Waals surface area contributed by atoms with Crippen molar-refractivity contribution < 1.29 is 27.0 Å². The van der Waals surface area contributed by atoms with E-state index in [1.54, 1.807) is 36.4 Å². The van der Waals surface area contributed by atoms with E-state index in [9.17, 15) is 21.9 Å². The summed E-state index contributed by atoms with van der Waals surface area (Å²) in [7, 11) is -1.95. The Morgan fingerprint density at radius 2 is 1.48 bits per heavy atom. The molecule has 2 atom stereocenters. The molecule has 184 valence electrons. The second-order valence-electron chi connectivity index (χ2n) is 7.30. The molecule has 33 heavy (non-hydrogen) atoms. The monoisotopic (exact) mass is 646 g/mol. The molecule has 4 rings (SSSR count). The molecule has 0 spiro atoms. The molecule has 2 aromatic rings. The first-order valence-electron chi connectivity index (χ1n) is 9.92. The highest BCUT2D eigenvalue weighted by Gasteiger charge is 2.31. The molecule has 2 saturated heterocycles. The number of halogens is 3. The Labute approximate surface area is 215 Å². The lowest BCUT2D eigenvalue weighted by Gasteiger charge is -2.15. The lowest BCUT2D eigenvalue weighted by molar-refractivity contribution is 0.189. The maximum absolute atomic E-state index is 12.1. The summed E-state index contributed by atoms with van der Waals surface area (Å²) in [5, 5.41) is 21.0. The van der Waals surface area contributed by atoms with Gasteiger partial charge in [0.25, 0.3) is 9.05 Å². The number of β-amino-alcohol motifs (C(OH)–C–C–N with tert-alkyl or cyclic N) is 2. The summed E-state index contributed by atoms with van der Waals surface area (Å²) in [6.45, 7) is 2.35. The van der Waals surface area contributed by atoms with Crippen LogP contribution in [0.2, 0.25) is 0 Å². The molecule has 0 aromatic heterocycles. The number of hydrogen-bond donors (Lipinski definition) is 3. The Morgan fingerprint density at radius 3 is 1.85 bits per heavy atom. The van der Waals surface area contributed by atoms with Crippen molar-refractivity contribution in [3.63, 3.8) is 0 Å². The molecule has 2 aliphatic rings. The van der Waals surface area contributed by atoms with Crippen molar-refractivity contribution in [2.45, 2.75) is 34.8 Å². The molecule has 0 aliphatic carbocycles. The second kappa shape index (κ2) is 12.9. The Hall–Kier alpha value is -0.570. The summed E-state index contributed by atoms with van der Waals surface area (Å²) in [6.07, 6.45) is 0.833. The average Bonchev–Trinajstić information content (AvgIpc) is 3.40. The van der Waals surface area contributed by atoms with E-state index >= 15 is 0 Å². The molecule has 8 nitrogen and oxygen atoms in total. The first-order chi connectivity index (χ1) is 15.4. The third-order valence-corrected chi connectivity index (χ3v) is 8.87. The molecule has 3 N–H and O–H groups in total. The van der Waals surface area contributed by atoms with Crippen LogP contribution in [0.1, 0.15) is 12.8 Å². The molecule has 0 radical (unpaired) electrons. The Morgan fingerprint density at radius 1 is 0.909 bits per heavy atom. The zero-order chi connectivity index (χ0) is 24.6. The van der Waals surface area contributed by atoms with Gasteiger partial charge < -0.3 is 15.5 Å². The van der Waals surface area contributed by atoms with Crippen LogP contribution >= 0.6 is 42.5 Å². The van der Waals surface area contributed by atoms with Gasteiger partial charge in [0.2, 0.25) is 10.0 Å². The summed E-state index contributed by atoms with van der Waals surface area (Å²) in [5.41, 5.74) is 0. The first kappa shape index (κ1) is 28.7. The van der Waals surface area contributed by atoms with E-state index in [2.05, 4.69) is 37.2 Å². The number of aliphatic hydroxyl groups is 2. The zero-order valence-electron chi connectivity index (χ0n) is 17.4. The fourth-order valence-corrected chi connectivity index (χ4v) is 6.40. The topological polar surface area (TPSA) is 124 Å². The number of nitrogens with zero attached hydrogens (tertiary/aromatic N) is 1. The molecule has 0 bridgehead atoms. The number of sulfonamides is 1. The molecule has 2 fully saturated rings. The lowest BCUT2D eigenvalue weighted by Crippen LogP contribution is -2.29. The van der Waals surface area contributed by atoms with Gasteiger partial charge in [0.05, 0.1) is 22.0 Å². The van der Waals surface area contributed by atoms with E-state index in [0.29, 0.717) is 17.4 Å². The van der Waals surface area contributed by atoms with Crippen LogP contribution in [-0.4, -0.2) is 69.7 Å². The van der Waals surface area contributed by atoms with E-state index in [-0.39, 0.29) is 22.4 Å². The van der Waals surface area contributed by atoms with Crippen LogP contribution in [0.3, 0.4) is 0 Å². The lowest BCUT2D eigenvalue weighted by atomic mass is 10.3. The number of rotatable bonds is 3. The highest BCUT2D eigenvalue weighted by atomic mass is 79.9. The average molecular weight is 649 g/mol. The van der Waals surface area contributed by atoms with Crippen LogP contribution < -0.4 is 5.32 Å². The summed E-state index contributed by atoms with van der Waals surface area (Å²) >= 11 is 6.37. The molecule has 0 amide bonds. The summed E-state index contributed by atoms with van der Waals surface area (Å²) in [6, 6.07) is 12.8. The molecule has 13 heteroatoms. The highest BCUT2D eigenvalue weighted by molar-refractivity contribution is 9.10. The predicted octanol–water partition coefficient (Wildman–Crippen LogP) is 2.92. The summed E-state index contributed by atoms with van der Waals surface area (Å²) < 4.78 is 48.5. The van der Waals surface area contributed by atoms with E-state index < -0.39 is 25.2 Å². The van der Waals surface area contributed by atoms with Crippen LogP contribution in [0.15, 0.2) is 67.3 Å². The van der Waals surface area contributed by atoms with Crippen molar-refractivity contribution in [3.8, 4) is 0 Å². The zero-order valence-corrected chi connectivity index (χ0v) is 23.0. The van der Waals surface area contributed by atoms with Gasteiger partial charge in [0.15, 0.2) is 0 Å². The molecule has 0 unspecified atom stereocenters. The van der Waals surface area contributed by atoms with Crippen LogP contribution in [0.4, 0.5) is 0 Å². The fourth-order valence-electron chi connectivity index (χ4n) is 2.96. The van der Waals surface area contributed by atoms with Gasteiger partial charge in [-0.25, -0.2) is 16.8 Å². The van der Waals surface area contributed by atoms with Crippen LogP contribution in [0, 0.1) is 0 Å². The van der Waals surface area contributed by atoms with E-state index in [1.807, 2.05) is 0 Å². The van der Waals surface area contributed by atoms with Crippen LogP contribution in [-0.2, 0) is 19.1 Å². The van der Waals surface area contributed by atoms with E-state index in [1.165, 1.54) is 16.4 Å². The van der Waals surface area contributed by atoms with Crippen molar-refractivity contribution >= 4 is 61.6 Å². The number of benzene rings is 2. The number of nitrogens with one attached hydrogen (secondary N) is 1. The van der Waals surface area contributed by atoms with Gasteiger partial charge in [-0.15, -0.1) is 0 Å². The smallest absolute Gasteiger partial charge is 0.261 e. The highest BCUT2D eigenvalue weighted by Crippen LogP contribution is 2.23. The van der Waals surface area contributed by atoms with Gasteiger partial charge in [-0.05, 0) is 55.8 Å². The third-order valence-electron chi connectivity index (χ3n) is 4.67. The molecular formula is C20H25Br2ClN2O6S2. The van der Waals surface area contributed by atoms with Gasteiger partial charge >= 0.3 is 0 Å². The van der Waals surface area contributed by atoms with Crippen molar-refractivity contribution in [1.29, 1.82) is 0 Å². The molecule has 0 saturated carbocycles. The maximum atomic E-state index is 12.1. The summed E-state index contributed by atoms with van der Waals surface area (Å²) in [5.74, 6) is 0. The minimum absolute atomic E-state index is 0.0648. The maximum Gasteiger partial charge on any atom is 0.261 e. The minimum Gasteiger partial charge on any atom is -0.392 e. The number of aliphatic hydroxyl groups excluding tert-OH is 2.